The first kappa shape index (κ1) is 31.9. The molecule has 0 saturated carbocycles. The molecule has 0 radical (unpaired) electrons. The Morgan fingerprint density at radius 2 is 1.46 bits per heavy atom. The molecule has 11 nitrogen and oxygen atoms in total. The van der Waals surface area contributed by atoms with Crippen molar-refractivity contribution < 1.29 is 29.1 Å². The largest absolute Gasteiger partial charge is 0.480 e. The summed E-state index contributed by atoms with van der Waals surface area (Å²) >= 11 is 1.45. The van der Waals surface area contributed by atoms with Gasteiger partial charge in [0.05, 0.1) is 6.04 Å². The lowest BCUT2D eigenvalue weighted by Crippen LogP contribution is -2.57. The average molecular weight is 538 g/mol. The molecule has 206 valence electrons. The molecule has 37 heavy (non-hydrogen) atoms. The summed E-state index contributed by atoms with van der Waals surface area (Å²) in [6, 6.07) is 5.07. The summed E-state index contributed by atoms with van der Waals surface area (Å²) in [5.41, 5.74) is 12.1. The Labute approximate surface area is 221 Å². The smallest absolute Gasteiger partial charge is 0.326 e. The van der Waals surface area contributed by atoms with Gasteiger partial charge in [-0.1, -0.05) is 44.2 Å². The van der Waals surface area contributed by atoms with Crippen LogP contribution in [-0.4, -0.2) is 70.9 Å². The van der Waals surface area contributed by atoms with Crippen LogP contribution >= 0.6 is 11.8 Å². The summed E-state index contributed by atoms with van der Waals surface area (Å²) < 4.78 is 0. The lowest BCUT2D eigenvalue weighted by atomic mass is 10.0. The minimum Gasteiger partial charge on any atom is -0.480 e. The monoisotopic (exact) mass is 537 g/mol. The number of hydrogen-bond donors (Lipinski definition) is 6. The van der Waals surface area contributed by atoms with Crippen molar-refractivity contribution in [2.45, 2.75) is 70.1 Å². The van der Waals surface area contributed by atoms with Crippen LogP contribution in [0.3, 0.4) is 0 Å². The molecule has 0 aliphatic heterocycles. The molecule has 0 heterocycles. The maximum atomic E-state index is 13.2. The van der Waals surface area contributed by atoms with Gasteiger partial charge in [0, 0.05) is 6.42 Å². The number of hydrogen-bond acceptors (Lipinski definition) is 7. The van der Waals surface area contributed by atoms with Crippen LogP contribution in [0.4, 0.5) is 0 Å². The predicted molar refractivity (Wildman–Crippen MR) is 142 cm³/mol. The normalized spacial score (nSPS) is 14.2. The van der Waals surface area contributed by atoms with Crippen LogP contribution in [0.5, 0.6) is 0 Å². The lowest BCUT2D eigenvalue weighted by molar-refractivity contribution is -0.142. The Balaban J connectivity index is 2.93. The summed E-state index contributed by atoms with van der Waals surface area (Å²) in [6.07, 6.45) is 2.28. The van der Waals surface area contributed by atoms with Crippen LogP contribution in [0, 0.1) is 5.92 Å². The van der Waals surface area contributed by atoms with Gasteiger partial charge in [0.2, 0.25) is 23.6 Å². The molecule has 0 aliphatic rings. The molecule has 0 fully saturated rings. The number of rotatable bonds is 17. The molecule has 1 aromatic rings. The highest BCUT2D eigenvalue weighted by Gasteiger charge is 2.30. The molecule has 4 atom stereocenters. The van der Waals surface area contributed by atoms with E-state index in [1.54, 1.807) is 0 Å². The molecule has 0 aromatic heterocycles. The van der Waals surface area contributed by atoms with Gasteiger partial charge in [-0.3, -0.25) is 19.2 Å². The van der Waals surface area contributed by atoms with Crippen molar-refractivity contribution in [3.63, 3.8) is 0 Å². The minimum atomic E-state index is -1.34. The SMILES string of the molecule is CSCCC(NC(=O)C(CC(C)C)NC(=O)C(N)Cc1ccccc1)C(=O)NC(CCC(N)=O)C(=O)O. The molecule has 12 heteroatoms. The molecule has 0 saturated heterocycles. The second-order valence-corrected chi connectivity index (χ2v) is 10.2. The number of amides is 4. The van der Waals surface area contributed by atoms with Crippen molar-refractivity contribution in [2.75, 3.05) is 12.0 Å². The van der Waals surface area contributed by atoms with E-state index in [0.717, 1.165) is 5.56 Å². The number of carboxylic acid groups (broad SMARTS) is 1. The number of nitrogens with one attached hydrogen (secondary N) is 3. The van der Waals surface area contributed by atoms with Crippen LogP contribution in [0.15, 0.2) is 30.3 Å². The van der Waals surface area contributed by atoms with Gasteiger partial charge in [0.25, 0.3) is 0 Å². The van der Waals surface area contributed by atoms with Crippen molar-refractivity contribution >= 4 is 41.4 Å². The molecule has 8 N–H and O–H groups in total. The molecule has 0 bridgehead atoms. The van der Waals surface area contributed by atoms with E-state index >= 15 is 0 Å². The van der Waals surface area contributed by atoms with Gasteiger partial charge in [-0.25, -0.2) is 4.79 Å². The summed E-state index contributed by atoms with van der Waals surface area (Å²) in [5, 5.41) is 17.1. The van der Waals surface area contributed by atoms with Crippen LogP contribution in [0.2, 0.25) is 0 Å². The van der Waals surface area contributed by atoms with E-state index in [1.807, 2.05) is 50.4 Å². The molecule has 0 spiro atoms. The van der Waals surface area contributed by atoms with Crippen LogP contribution in [-0.2, 0) is 30.4 Å². The van der Waals surface area contributed by atoms with Gasteiger partial charge >= 0.3 is 5.97 Å². The maximum Gasteiger partial charge on any atom is 0.326 e. The van der Waals surface area contributed by atoms with Gasteiger partial charge < -0.3 is 32.5 Å². The number of benzene rings is 1. The molecule has 4 unspecified atom stereocenters. The van der Waals surface area contributed by atoms with E-state index in [-0.39, 0.29) is 25.2 Å². The molecular formula is C25H39N5O6S. The van der Waals surface area contributed by atoms with Crippen molar-refractivity contribution in [1.29, 1.82) is 0 Å². The summed E-state index contributed by atoms with van der Waals surface area (Å²) in [7, 11) is 0. The van der Waals surface area contributed by atoms with Crippen molar-refractivity contribution in [1.82, 2.24) is 16.0 Å². The zero-order valence-corrected chi connectivity index (χ0v) is 22.4. The Morgan fingerprint density at radius 1 is 0.892 bits per heavy atom. The zero-order valence-electron chi connectivity index (χ0n) is 21.6. The van der Waals surface area contributed by atoms with Crippen molar-refractivity contribution in [2.24, 2.45) is 17.4 Å². The Hall–Kier alpha value is -3.12. The molecule has 0 aliphatic carbocycles. The van der Waals surface area contributed by atoms with Crippen molar-refractivity contribution in [3.05, 3.63) is 35.9 Å². The number of primary amides is 1. The average Bonchev–Trinajstić information content (AvgIpc) is 2.83. The van der Waals surface area contributed by atoms with Gasteiger partial charge in [0.15, 0.2) is 0 Å². The van der Waals surface area contributed by atoms with E-state index in [9.17, 15) is 29.1 Å². The quantitative estimate of drug-likeness (QED) is 0.162. The fourth-order valence-corrected chi connectivity index (χ4v) is 4.01. The fraction of sp³-hybridized carbons (Fsp3) is 0.560. The highest BCUT2D eigenvalue weighted by molar-refractivity contribution is 7.98. The standard InChI is InChI=1S/C25H39N5O6S/c1-15(2)13-20(30-22(32)17(26)14-16-7-5-4-6-8-16)24(34)28-18(11-12-37-3)23(33)29-19(25(35)36)9-10-21(27)31/h4-8,15,17-20H,9-14,26H2,1-3H3,(H2,27,31)(H,28,34)(H,29,33)(H,30,32)(H,35,36). The third-order valence-electron chi connectivity index (χ3n) is 5.51. The molecule has 1 aromatic carbocycles. The Kier molecular flexibility index (Phi) is 14.3. The van der Waals surface area contributed by atoms with E-state index in [0.29, 0.717) is 18.6 Å². The number of carbonyl (C=O) groups is 5. The number of thioether (sulfide) groups is 1. The zero-order chi connectivity index (χ0) is 28.0. The molecule has 1 rings (SSSR count). The summed E-state index contributed by atoms with van der Waals surface area (Å²) in [5.74, 6) is -3.21. The second-order valence-electron chi connectivity index (χ2n) is 9.23. The van der Waals surface area contributed by atoms with Crippen molar-refractivity contribution in [3.8, 4) is 0 Å². The van der Waals surface area contributed by atoms with E-state index in [1.165, 1.54) is 11.8 Å². The maximum absolute atomic E-state index is 13.2. The molecule has 4 amide bonds. The first-order valence-electron chi connectivity index (χ1n) is 12.1. The first-order valence-corrected chi connectivity index (χ1v) is 13.5. The van der Waals surface area contributed by atoms with Gasteiger partial charge in [-0.2, -0.15) is 11.8 Å². The second kappa shape index (κ2) is 16.6. The van der Waals surface area contributed by atoms with E-state index < -0.39 is 53.8 Å². The van der Waals surface area contributed by atoms with Gasteiger partial charge in [0.1, 0.15) is 18.1 Å². The highest BCUT2D eigenvalue weighted by atomic mass is 32.2. The fourth-order valence-electron chi connectivity index (χ4n) is 3.54. The number of carboxylic acids is 1. The Bertz CT molecular complexity index is 914. The van der Waals surface area contributed by atoms with Gasteiger partial charge in [-0.05, 0) is 49.2 Å². The number of nitrogens with two attached hydrogens (primary N) is 2. The van der Waals surface area contributed by atoms with E-state index in [4.69, 9.17) is 11.5 Å². The predicted octanol–water partition coefficient (Wildman–Crippen LogP) is 0.160. The lowest BCUT2D eigenvalue weighted by Gasteiger charge is -2.26. The summed E-state index contributed by atoms with van der Waals surface area (Å²) in [6.45, 7) is 3.79. The topological polar surface area (TPSA) is 194 Å². The third kappa shape index (κ3) is 12.6. The first-order chi connectivity index (χ1) is 17.4. The Morgan fingerprint density at radius 3 is 2.00 bits per heavy atom. The highest BCUT2D eigenvalue weighted by Crippen LogP contribution is 2.09. The van der Waals surface area contributed by atoms with Crippen LogP contribution < -0.4 is 27.4 Å². The molecular weight excluding hydrogens is 498 g/mol. The third-order valence-corrected chi connectivity index (χ3v) is 6.16. The minimum absolute atomic E-state index is 0.0464. The van der Waals surface area contributed by atoms with Crippen LogP contribution in [0.1, 0.15) is 45.1 Å². The number of aliphatic carboxylic acids is 1. The summed E-state index contributed by atoms with van der Waals surface area (Å²) in [4.78, 5) is 61.4. The van der Waals surface area contributed by atoms with Crippen LogP contribution in [0.25, 0.3) is 0 Å². The van der Waals surface area contributed by atoms with E-state index in [2.05, 4.69) is 16.0 Å². The van der Waals surface area contributed by atoms with Gasteiger partial charge in [-0.15, -0.1) is 0 Å². The number of carbonyl (C=O) groups excluding carboxylic acids is 4.